The van der Waals surface area contributed by atoms with Crippen molar-refractivity contribution in [1.29, 1.82) is 0 Å². The van der Waals surface area contributed by atoms with Gasteiger partial charge in [-0.15, -0.1) is 0 Å². The van der Waals surface area contributed by atoms with Gasteiger partial charge in [0.15, 0.2) is 0 Å². The summed E-state index contributed by atoms with van der Waals surface area (Å²) >= 11 is 0. The van der Waals surface area contributed by atoms with Crippen LogP contribution in [0.1, 0.15) is 28.8 Å². The molecule has 2 amide bonds. The highest BCUT2D eigenvalue weighted by atomic mass is 16.2. The Labute approximate surface area is 129 Å². The maximum atomic E-state index is 12.6. The van der Waals surface area contributed by atoms with Crippen LogP contribution in [0.3, 0.4) is 0 Å². The zero-order valence-corrected chi connectivity index (χ0v) is 12.4. The smallest absolute Gasteiger partial charge is 0.251 e. The molecule has 0 aromatic heterocycles. The third kappa shape index (κ3) is 2.60. The average Bonchev–Trinajstić information content (AvgIpc) is 3.37. The van der Waals surface area contributed by atoms with Crippen molar-refractivity contribution in [2.24, 2.45) is 0 Å². The largest absolute Gasteiger partial charge is 0.355 e. The van der Waals surface area contributed by atoms with E-state index in [9.17, 15) is 9.59 Å². The molecule has 0 atom stereocenters. The Morgan fingerprint density at radius 3 is 2.14 bits per heavy atom. The van der Waals surface area contributed by atoms with E-state index in [1.807, 2.05) is 30.3 Å². The lowest BCUT2D eigenvalue weighted by atomic mass is 9.95. The molecule has 0 aliphatic heterocycles. The van der Waals surface area contributed by atoms with Gasteiger partial charge >= 0.3 is 0 Å². The minimum Gasteiger partial charge on any atom is -0.355 e. The van der Waals surface area contributed by atoms with E-state index in [-0.39, 0.29) is 17.2 Å². The van der Waals surface area contributed by atoms with Gasteiger partial charge in [-0.25, -0.2) is 0 Å². The molecule has 3 rings (SSSR count). The highest BCUT2D eigenvalue weighted by molar-refractivity contribution is 6.02. The van der Waals surface area contributed by atoms with Gasteiger partial charge in [0, 0.05) is 18.3 Å². The Morgan fingerprint density at radius 2 is 1.59 bits per heavy atom. The molecule has 4 nitrogen and oxygen atoms in total. The van der Waals surface area contributed by atoms with Gasteiger partial charge in [-0.05, 0) is 42.7 Å². The van der Waals surface area contributed by atoms with Crippen molar-refractivity contribution in [1.82, 2.24) is 5.32 Å². The molecule has 0 spiro atoms. The van der Waals surface area contributed by atoms with E-state index in [4.69, 9.17) is 0 Å². The normalized spacial score (nSPS) is 15.0. The van der Waals surface area contributed by atoms with Gasteiger partial charge in [-0.3, -0.25) is 9.59 Å². The van der Waals surface area contributed by atoms with E-state index in [2.05, 4.69) is 10.6 Å². The fourth-order valence-corrected chi connectivity index (χ4v) is 2.63. The number of amides is 2. The van der Waals surface area contributed by atoms with Crippen LogP contribution in [0.15, 0.2) is 54.6 Å². The monoisotopic (exact) mass is 294 g/mol. The van der Waals surface area contributed by atoms with Crippen LogP contribution >= 0.6 is 0 Å². The number of anilines is 1. The molecule has 2 aromatic carbocycles. The first-order valence-electron chi connectivity index (χ1n) is 7.35. The second-order valence-corrected chi connectivity index (χ2v) is 5.56. The highest BCUT2D eigenvalue weighted by Gasteiger charge is 2.51. The first-order valence-corrected chi connectivity index (χ1v) is 7.35. The fourth-order valence-electron chi connectivity index (χ4n) is 2.63. The van der Waals surface area contributed by atoms with Crippen LogP contribution < -0.4 is 10.6 Å². The van der Waals surface area contributed by atoms with Gasteiger partial charge in [-0.2, -0.15) is 0 Å². The van der Waals surface area contributed by atoms with E-state index in [1.165, 1.54) is 0 Å². The number of nitrogens with one attached hydrogen (secondary N) is 2. The highest BCUT2D eigenvalue weighted by Crippen LogP contribution is 2.48. The van der Waals surface area contributed by atoms with E-state index < -0.39 is 0 Å². The number of hydrogen-bond donors (Lipinski definition) is 2. The number of carbonyl (C=O) groups is 2. The summed E-state index contributed by atoms with van der Waals surface area (Å²) in [5.74, 6) is -0.118. The first-order chi connectivity index (χ1) is 10.7. The second kappa shape index (κ2) is 5.64. The third-order valence-corrected chi connectivity index (χ3v) is 4.14. The molecule has 2 aromatic rings. The molecule has 0 heterocycles. The van der Waals surface area contributed by atoms with Crippen LogP contribution in [0.5, 0.6) is 0 Å². The van der Waals surface area contributed by atoms with Gasteiger partial charge in [0.05, 0.1) is 5.41 Å². The predicted molar refractivity (Wildman–Crippen MR) is 85.8 cm³/mol. The van der Waals surface area contributed by atoms with Gasteiger partial charge in [0.1, 0.15) is 0 Å². The summed E-state index contributed by atoms with van der Waals surface area (Å²) in [4.78, 5) is 24.1. The van der Waals surface area contributed by atoms with Crippen molar-refractivity contribution < 1.29 is 9.59 Å². The summed E-state index contributed by atoms with van der Waals surface area (Å²) in [5, 5.41) is 5.53. The number of benzene rings is 2. The molecule has 1 aliphatic rings. The lowest BCUT2D eigenvalue weighted by molar-refractivity contribution is -0.118. The molecule has 1 fully saturated rings. The standard InChI is InChI=1S/C18H18N2O2/c1-19-16(21)13-7-9-15(10-8-13)20-17(22)18(11-12-18)14-5-3-2-4-6-14/h2-10H,11-12H2,1H3,(H,19,21)(H,20,22). The van der Waals surface area contributed by atoms with Crippen LogP contribution in [0.4, 0.5) is 5.69 Å². The summed E-state index contributed by atoms with van der Waals surface area (Å²) in [6.45, 7) is 0. The molecule has 0 radical (unpaired) electrons. The quantitative estimate of drug-likeness (QED) is 0.911. The van der Waals surface area contributed by atoms with Gasteiger partial charge < -0.3 is 10.6 Å². The SMILES string of the molecule is CNC(=O)c1ccc(NC(=O)C2(c3ccccc3)CC2)cc1. The molecule has 112 valence electrons. The van der Waals surface area contributed by atoms with Crippen LogP contribution in [0.25, 0.3) is 0 Å². The van der Waals surface area contributed by atoms with Gasteiger partial charge in [0.2, 0.25) is 5.91 Å². The molecule has 1 aliphatic carbocycles. The molecule has 2 N–H and O–H groups in total. The second-order valence-electron chi connectivity index (χ2n) is 5.56. The maximum absolute atomic E-state index is 12.6. The van der Waals surface area contributed by atoms with Crippen molar-refractivity contribution in [3.05, 3.63) is 65.7 Å². The number of hydrogen-bond acceptors (Lipinski definition) is 2. The Bertz CT molecular complexity index is 689. The fraction of sp³-hybridized carbons (Fsp3) is 0.222. The van der Waals surface area contributed by atoms with Crippen LogP contribution in [-0.4, -0.2) is 18.9 Å². The zero-order chi connectivity index (χ0) is 15.6. The Morgan fingerprint density at radius 1 is 0.955 bits per heavy atom. The molecule has 0 saturated heterocycles. The van der Waals surface area contributed by atoms with Crippen molar-refractivity contribution >= 4 is 17.5 Å². The summed E-state index contributed by atoms with van der Waals surface area (Å²) in [7, 11) is 1.59. The molecular weight excluding hydrogens is 276 g/mol. The maximum Gasteiger partial charge on any atom is 0.251 e. The molecule has 0 unspecified atom stereocenters. The Balaban J connectivity index is 1.74. The minimum absolute atomic E-state index is 0.0198. The number of carbonyl (C=O) groups excluding carboxylic acids is 2. The molecule has 22 heavy (non-hydrogen) atoms. The minimum atomic E-state index is -0.388. The van der Waals surface area contributed by atoms with E-state index in [1.54, 1.807) is 31.3 Å². The lowest BCUT2D eigenvalue weighted by Crippen LogP contribution is -2.27. The van der Waals surface area contributed by atoms with Crippen molar-refractivity contribution in [3.63, 3.8) is 0 Å². The summed E-state index contributed by atoms with van der Waals surface area (Å²) < 4.78 is 0. The van der Waals surface area contributed by atoms with Gasteiger partial charge in [-0.1, -0.05) is 30.3 Å². The van der Waals surface area contributed by atoms with Crippen LogP contribution in [0.2, 0.25) is 0 Å². The number of rotatable bonds is 4. The third-order valence-electron chi connectivity index (χ3n) is 4.14. The van der Waals surface area contributed by atoms with Gasteiger partial charge in [0.25, 0.3) is 5.91 Å². The first kappa shape index (κ1) is 14.3. The Hall–Kier alpha value is -2.62. The average molecular weight is 294 g/mol. The topological polar surface area (TPSA) is 58.2 Å². The van der Waals surface area contributed by atoms with Crippen molar-refractivity contribution in [2.45, 2.75) is 18.3 Å². The van der Waals surface area contributed by atoms with E-state index in [0.29, 0.717) is 11.3 Å². The summed E-state index contributed by atoms with van der Waals surface area (Å²) in [6, 6.07) is 16.8. The van der Waals surface area contributed by atoms with Crippen molar-refractivity contribution in [3.8, 4) is 0 Å². The summed E-state index contributed by atoms with van der Waals surface area (Å²) in [5.41, 5.74) is 1.96. The molecule has 4 heteroatoms. The summed E-state index contributed by atoms with van der Waals surface area (Å²) in [6.07, 6.45) is 1.75. The van der Waals surface area contributed by atoms with Crippen LogP contribution in [-0.2, 0) is 10.2 Å². The molecule has 0 bridgehead atoms. The molecular formula is C18H18N2O2. The predicted octanol–water partition coefficient (Wildman–Crippen LogP) is 2.72. The zero-order valence-electron chi connectivity index (χ0n) is 12.4. The lowest BCUT2D eigenvalue weighted by Gasteiger charge is -2.16. The molecule has 1 saturated carbocycles. The van der Waals surface area contributed by atoms with Crippen molar-refractivity contribution in [2.75, 3.05) is 12.4 Å². The van der Waals surface area contributed by atoms with E-state index in [0.717, 1.165) is 18.4 Å². The Kier molecular flexibility index (Phi) is 3.67. The van der Waals surface area contributed by atoms with E-state index >= 15 is 0 Å². The van der Waals surface area contributed by atoms with Crippen LogP contribution in [0, 0.1) is 0 Å².